The summed E-state index contributed by atoms with van der Waals surface area (Å²) in [4.78, 5) is 13.1. The molecule has 0 aliphatic rings. The number of carbonyl (C=O) groups excluding carboxylic acids is 1. The molecule has 0 unspecified atom stereocenters. The molecule has 3 rings (SSSR count). The Bertz CT molecular complexity index is 1190. The molecule has 158 valence electrons. The lowest BCUT2D eigenvalue weighted by Gasteiger charge is -2.14. The molecule has 0 fully saturated rings. The van der Waals surface area contributed by atoms with E-state index in [1.807, 2.05) is 30.3 Å². The van der Waals surface area contributed by atoms with Crippen LogP contribution in [0.25, 0.3) is 0 Å². The number of halogens is 1. The van der Waals surface area contributed by atoms with Gasteiger partial charge in [0.2, 0.25) is 10.0 Å². The summed E-state index contributed by atoms with van der Waals surface area (Å²) in [6.45, 7) is 3.93. The lowest BCUT2D eigenvalue weighted by molar-refractivity contribution is 0.102. The fraction of sp³-hybridized carbons (Fsp3) is 0.238. The van der Waals surface area contributed by atoms with Crippen molar-refractivity contribution >= 4 is 33.2 Å². The van der Waals surface area contributed by atoms with Crippen LogP contribution in [-0.2, 0) is 16.6 Å². The first-order valence-electron chi connectivity index (χ1n) is 9.22. The van der Waals surface area contributed by atoms with Gasteiger partial charge in [-0.3, -0.25) is 4.79 Å². The van der Waals surface area contributed by atoms with Crippen molar-refractivity contribution in [3.05, 3.63) is 76.1 Å². The number of anilines is 1. The number of nitrogens with zero attached hydrogens (tertiary/aromatic N) is 3. The molecular weight excluding hydrogens is 424 g/mol. The summed E-state index contributed by atoms with van der Waals surface area (Å²) < 4.78 is 27.5. The minimum atomic E-state index is -3.62. The van der Waals surface area contributed by atoms with Gasteiger partial charge < -0.3 is 5.32 Å². The molecular formula is C21H23ClN4O3S. The molecule has 1 N–H and O–H groups in total. The molecule has 0 atom stereocenters. The van der Waals surface area contributed by atoms with Crippen molar-refractivity contribution in [2.45, 2.75) is 25.3 Å². The van der Waals surface area contributed by atoms with Gasteiger partial charge in [0.05, 0.1) is 22.7 Å². The normalized spacial score (nSPS) is 11.7. The Labute approximate surface area is 181 Å². The maximum absolute atomic E-state index is 13.0. The SMILES string of the molecule is Cc1ccc(S(=O)(=O)N(C)C)cc1NC(=O)c1c(C)nn(Cc2ccccc2)c1Cl. The van der Waals surface area contributed by atoms with Gasteiger partial charge in [0.1, 0.15) is 5.15 Å². The lowest BCUT2D eigenvalue weighted by atomic mass is 10.2. The van der Waals surface area contributed by atoms with Crippen LogP contribution in [0, 0.1) is 13.8 Å². The van der Waals surface area contributed by atoms with Gasteiger partial charge in [0.15, 0.2) is 0 Å². The van der Waals surface area contributed by atoms with E-state index in [2.05, 4.69) is 10.4 Å². The summed E-state index contributed by atoms with van der Waals surface area (Å²) >= 11 is 6.46. The first-order valence-corrected chi connectivity index (χ1v) is 11.0. The van der Waals surface area contributed by atoms with Crippen LogP contribution in [0.5, 0.6) is 0 Å². The zero-order valence-electron chi connectivity index (χ0n) is 17.2. The summed E-state index contributed by atoms with van der Waals surface area (Å²) in [5.74, 6) is -0.445. The second-order valence-electron chi connectivity index (χ2n) is 7.11. The lowest BCUT2D eigenvalue weighted by Crippen LogP contribution is -2.22. The Kier molecular flexibility index (Phi) is 6.30. The molecule has 1 heterocycles. The number of rotatable bonds is 6. The second kappa shape index (κ2) is 8.59. The van der Waals surface area contributed by atoms with Crippen LogP contribution in [0.1, 0.15) is 27.2 Å². The number of amides is 1. The first-order chi connectivity index (χ1) is 14.1. The van der Waals surface area contributed by atoms with Crippen LogP contribution < -0.4 is 5.32 Å². The topological polar surface area (TPSA) is 84.3 Å². The summed E-state index contributed by atoms with van der Waals surface area (Å²) in [5.41, 5.74) is 2.88. The molecule has 0 radical (unpaired) electrons. The van der Waals surface area contributed by atoms with Gasteiger partial charge in [-0.15, -0.1) is 0 Å². The van der Waals surface area contributed by atoms with Gasteiger partial charge in [0, 0.05) is 19.8 Å². The summed E-state index contributed by atoms with van der Waals surface area (Å²) in [6.07, 6.45) is 0. The van der Waals surface area contributed by atoms with Crippen molar-refractivity contribution < 1.29 is 13.2 Å². The molecule has 0 saturated heterocycles. The van der Waals surface area contributed by atoms with E-state index in [1.165, 1.54) is 26.2 Å². The molecule has 0 bridgehead atoms. The van der Waals surface area contributed by atoms with Crippen LogP contribution in [0.15, 0.2) is 53.4 Å². The monoisotopic (exact) mass is 446 g/mol. The Morgan fingerprint density at radius 2 is 1.80 bits per heavy atom. The van der Waals surface area contributed by atoms with E-state index >= 15 is 0 Å². The van der Waals surface area contributed by atoms with Crippen LogP contribution >= 0.6 is 11.6 Å². The highest BCUT2D eigenvalue weighted by atomic mass is 35.5. The maximum atomic E-state index is 13.0. The number of carbonyl (C=O) groups is 1. The number of sulfonamides is 1. The number of hydrogen-bond donors (Lipinski definition) is 1. The Hall–Kier alpha value is -2.68. The van der Waals surface area contributed by atoms with E-state index in [0.717, 1.165) is 15.4 Å². The van der Waals surface area contributed by atoms with Crippen molar-refractivity contribution in [2.75, 3.05) is 19.4 Å². The minimum absolute atomic E-state index is 0.0935. The average molecular weight is 447 g/mol. The molecule has 2 aromatic carbocycles. The first kappa shape index (κ1) is 22.0. The number of aryl methyl sites for hydroxylation is 2. The smallest absolute Gasteiger partial charge is 0.260 e. The van der Waals surface area contributed by atoms with Crippen molar-refractivity contribution in [3.63, 3.8) is 0 Å². The predicted molar refractivity (Wildman–Crippen MR) is 118 cm³/mol. The van der Waals surface area contributed by atoms with Gasteiger partial charge >= 0.3 is 0 Å². The van der Waals surface area contributed by atoms with E-state index < -0.39 is 15.9 Å². The Morgan fingerprint density at radius 3 is 2.43 bits per heavy atom. The van der Waals surface area contributed by atoms with Gasteiger partial charge in [-0.05, 0) is 37.1 Å². The quantitative estimate of drug-likeness (QED) is 0.625. The van der Waals surface area contributed by atoms with E-state index in [-0.39, 0.29) is 15.6 Å². The molecule has 0 spiro atoms. The zero-order chi connectivity index (χ0) is 22.1. The van der Waals surface area contributed by atoms with Crippen molar-refractivity contribution in [1.29, 1.82) is 0 Å². The number of aromatic nitrogens is 2. The molecule has 7 nitrogen and oxygen atoms in total. The van der Waals surface area contributed by atoms with Crippen molar-refractivity contribution in [2.24, 2.45) is 0 Å². The summed E-state index contributed by atoms with van der Waals surface area (Å²) in [5, 5.41) is 7.39. The molecule has 3 aromatic rings. The summed E-state index contributed by atoms with van der Waals surface area (Å²) in [7, 11) is -0.712. The van der Waals surface area contributed by atoms with Crippen LogP contribution in [0.2, 0.25) is 5.15 Å². The highest BCUT2D eigenvalue weighted by Crippen LogP contribution is 2.25. The molecule has 1 amide bonds. The summed E-state index contributed by atoms with van der Waals surface area (Å²) in [6, 6.07) is 14.3. The zero-order valence-corrected chi connectivity index (χ0v) is 18.8. The number of nitrogens with one attached hydrogen (secondary N) is 1. The third-order valence-electron chi connectivity index (χ3n) is 4.70. The van der Waals surface area contributed by atoms with E-state index in [1.54, 1.807) is 24.6 Å². The third-order valence-corrected chi connectivity index (χ3v) is 6.90. The fourth-order valence-corrected chi connectivity index (χ4v) is 4.21. The second-order valence-corrected chi connectivity index (χ2v) is 9.62. The van der Waals surface area contributed by atoms with Gasteiger partial charge in [0.25, 0.3) is 5.91 Å². The number of benzene rings is 2. The highest BCUT2D eigenvalue weighted by Gasteiger charge is 2.23. The van der Waals surface area contributed by atoms with Gasteiger partial charge in [-0.25, -0.2) is 17.4 Å². The molecule has 0 aliphatic carbocycles. The molecule has 0 aliphatic heterocycles. The van der Waals surface area contributed by atoms with Gasteiger partial charge in [-0.2, -0.15) is 5.10 Å². The van der Waals surface area contributed by atoms with Crippen LogP contribution in [-0.4, -0.2) is 42.5 Å². The molecule has 30 heavy (non-hydrogen) atoms. The fourth-order valence-electron chi connectivity index (χ4n) is 2.96. The van der Waals surface area contributed by atoms with Gasteiger partial charge in [-0.1, -0.05) is 48.0 Å². The highest BCUT2D eigenvalue weighted by molar-refractivity contribution is 7.89. The third kappa shape index (κ3) is 4.40. The molecule has 1 aromatic heterocycles. The minimum Gasteiger partial charge on any atom is -0.322 e. The van der Waals surface area contributed by atoms with Crippen molar-refractivity contribution in [1.82, 2.24) is 14.1 Å². The Morgan fingerprint density at radius 1 is 1.13 bits per heavy atom. The van der Waals surface area contributed by atoms with Crippen molar-refractivity contribution in [3.8, 4) is 0 Å². The van der Waals surface area contributed by atoms with Crippen LogP contribution in [0.4, 0.5) is 5.69 Å². The molecule has 0 saturated carbocycles. The van der Waals surface area contributed by atoms with Crippen LogP contribution in [0.3, 0.4) is 0 Å². The van der Waals surface area contributed by atoms with E-state index in [9.17, 15) is 13.2 Å². The average Bonchev–Trinajstić information content (AvgIpc) is 2.97. The molecule has 9 heteroatoms. The predicted octanol–water partition coefficient (Wildman–Crippen LogP) is 3.70. The Balaban J connectivity index is 1.90. The number of hydrogen-bond acceptors (Lipinski definition) is 4. The standard InChI is InChI=1S/C21H23ClN4O3S/c1-14-10-11-17(30(28,29)25(3)4)12-18(14)23-21(27)19-15(2)24-26(20(19)22)13-16-8-6-5-7-9-16/h5-12H,13H2,1-4H3,(H,23,27). The maximum Gasteiger partial charge on any atom is 0.260 e. The van der Waals surface area contributed by atoms with E-state index in [0.29, 0.717) is 17.9 Å². The largest absolute Gasteiger partial charge is 0.322 e. The van der Waals surface area contributed by atoms with E-state index in [4.69, 9.17) is 11.6 Å².